The number of carbonyl (C=O) groups excluding carboxylic acids is 1. The number of nitrogens with two attached hydrogens (primary N) is 1. The zero-order valence-corrected chi connectivity index (χ0v) is 15.8. The van der Waals surface area contributed by atoms with Crippen molar-refractivity contribution in [2.24, 2.45) is 5.92 Å². The highest BCUT2D eigenvalue weighted by Gasteiger charge is 2.28. The van der Waals surface area contributed by atoms with E-state index in [-0.39, 0.29) is 11.8 Å². The van der Waals surface area contributed by atoms with Crippen LogP contribution in [0, 0.1) is 5.92 Å². The van der Waals surface area contributed by atoms with Crippen LogP contribution in [0.1, 0.15) is 12.8 Å². The predicted molar refractivity (Wildman–Crippen MR) is 108 cm³/mol. The van der Waals surface area contributed by atoms with Gasteiger partial charge in [0.2, 0.25) is 5.91 Å². The first-order chi connectivity index (χ1) is 13.2. The van der Waals surface area contributed by atoms with E-state index in [1.165, 1.54) is 0 Å². The van der Waals surface area contributed by atoms with Gasteiger partial charge in [-0.05, 0) is 36.4 Å². The number of aromatic nitrogens is 2. The number of carbonyl (C=O) groups is 1. The molecule has 3 heterocycles. The van der Waals surface area contributed by atoms with Crippen LogP contribution in [-0.4, -0.2) is 36.1 Å². The monoisotopic (exact) mass is 383 g/mol. The third-order valence-electron chi connectivity index (χ3n) is 4.85. The Morgan fingerprint density at radius 2 is 2.26 bits per heavy atom. The van der Waals surface area contributed by atoms with Crippen LogP contribution >= 0.6 is 11.3 Å². The second-order valence-electron chi connectivity index (χ2n) is 6.56. The molecule has 1 saturated heterocycles. The van der Waals surface area contributed by atoms with Crippen LogP contribution in [-0.2, 0) is 4.79 Å². The Morgan fingerprint density at radius 1 is 1.37 bits per heavy atom. The summed E-state index contributed by atoms with van der Waals surface area (Å²) in [5, 5.41) is 6.02. The molecule has 2 aromatic heterocycles. The maximum Gasteiger partial charge on any atom is 0.229 e. The molecule has 0 bridgehead atoms. The van der Waals surface area contributed by atoms with E-state index in [1.54, 1.807) is 43.0 Å². The number of nitrogens with one attached hydrogen (secondary N) is 1. The number of nitrogens with zero attached hydrogens (tertiary/aromatic N) is 3. The van der Waals surface area contributed by atoms with Gasteiger partial charge < -0.3 is 20.7 Å². The second-order valence-corrected chi connectivity index (χ2v) is 7.46. The molecule has 1 atom stereocenters. The van der Waals surface area contributed by atoms with E-state index in [1.807, 2.05) is 11.4 Å². The highest BCUT2D eigenvalue weighted by atomic mass is 32.1. The highest BCUT2D eigenvalue weighted by Crippen LogP contribution is 2.31. The minimum atomic E-state index is -0.131. The van der Waals surface area contributed by atoms with Gasteiger partial charge in [-0.1, -0.05) is 0 Å². The normalized spacial score (nSPS) is 17.1. The lowest BCUT2D eigenvalue weighted by Gasteiger charge is -2.33. The Labute approximate surface area is 161 Å². The minimum Gasteiger partial charge on any atom is -0.497 e. The van der Waals surface area contributed by atoms with Gasteiger partial charge in [0.15, 0.2) is 0 Å². The molecule has 140 valence electrons. The van der Waals surface area contributed by atoms with Crippen molar-refractivity contribution in [3.05, 3.63) is 36.0 Å². The fourth-order valence-corrected chi connectivity index (χ4v) is 4.15. The molecule has 1 aromatic carbocycles. The summed E-state index contributed by atoms with van der Waals surface area (Å²) in [5.41, 5.74) is 7.10. The van der Waals surface area contributed by atoms with Crippen molar-refractivity contribution in [3.8, 4) is 5.75 Å². The number of nitrogen functional groups attached to an aromatic ring is 1. The quantitative estimate of drug-likeness (QED) is 0.672. The second kappa shape index (κ2) is 7.40. The van der Waals surface area contributed by atoms with Crippen molar-refractivity contribution in [2.75, 3.05) is 36.1 Å². The summed E-state index contributed by atoms with van der Waals surface area (Å²) in [5.74, 6) is 1.40. The maximum absolute atomic E-state index is 12.8. The lowest BCUT2D eigenvalue weighted by atomic mass is 9.96. The van der Waals surface area contributed by atoms with Gasteiger partial charge in [0.05, 0.1) is 29.8 Å². The predicted octanol–water partition coefficient (Wildman–Crippen LogP) is 3.14. The summed E-state index contributed by atoms with van der Waals surface area (Å²) in [6.45, 7) is 1.50. The summed E-state index contributed by atoms with van der Waals surface area (Å²) in [4.78, 5) is 24.8. The summed E-state index contributed by atoms with van der Waals surface area (Å²) >= 11 is 1.60. The maximum atomic E-state index is 12.8. The van der Waals surface area contributed by atoms with E-state index < -0.39 is 0 Å². The number of piperidine rings is 1. The number of ether oxygens (including phenoxy) is 1. The molecule has 7 nitrogen and oxygen atoms in total. The molecule has 0 aliphatic carbocycles. The fourth-order valence-electron chi connectivity index (χ4n) is 3.42. The number of hydrogen-bond acceptors (Lipinski definition) is 7. The summed E-state index contributed by atoms with van der Waals surface area (Å²) in [6, 6.07) is 7.29. The summed E-state index contributed by atoms with van der Waals surface area (Å²) < 4.78 is 5.22. The average molecular weight is 383 g/mol. The number of thiophene rings is 1. The largest absolute Gasteiger partial charge is 0.497 e. The third kappa shape index (κ3) is 3.52. The zero-order valence-electron chi connectivity index (χ0n) is 15.0. The Morgan fingerprint density at radius 3 is 3.11 bits per heavy atom. The first-order valence-electron chi connectivity index (χ1n) is 8.83. The highest BCUT2D eigenvalue weighted by molar-refractivity contribution is 7.16. The van der Waals surface area contributed by atoms with Crippen LogP contribution < -0.4 is 20.7 Å². The molecular weight excluding hydrogens is 362 g/mol. The standard InChI is InChI=1S/C19H21N5O2S/c1-26-13-4-5-15(20)16(9-13)23-18(25)12-3-2-7-24(10-12)17-14-6-8-27-19(14)22-11-21-17/h4-6,8-9,11-12H,2-3,7,10,20H2,1H3,(H,23,25). The molecule has 0 saturated carbocycles. The van der Waals surface area contributed by atoms with Crippen LogP contribution in [0.5, 0.6) is 5.75 Å². The van der Waals surface area contributed by atoms with Crippen molar-refractivity contribution < 1.29 is 9.53 Å². The zero-order chi connectivity index (χ0) is 18.8. The van der Waals surface area contributed by atoms with Gasteiger partial charge in [0.25, 0.3) is 0 Å². The van der Waals surface area contributed by atoms with Crippen molar-refractivity contribution in [1.82, 2.24) is 9.97 Å². The van der Waals surface area contributed by atoms with Gasteiger partial charge in [-0.3, -0.25) is 4.79 Å². The van der Waals surface area contributed by atoms with E-state index in [9.17, 15) is 4.79 Å². The summed E-state index contributed by atoms with van der Waals surface area (Å²) in [7, 11) is 1.59. The molecule has 1 unspecified atom stereocenters. The number of fused-ring (bicyclic) bond motifs is 1. The number of benzene rings is 1. The number of rotatable bonds is 4. The van der Waals surface area contributed by atoms with E-state index in [0.717, 1.165) is 35.4 Å². The number of methoxy groups -OCH3 is 1. The Balaban J connectivity index is 1.51. The van der Waals surface area contributed by atoms with E-state index in [2.05, 4.69) is 20.2 Å². The molecule has 3 N–H and O–H groups in total. The van der Waals surface area contributed by atoms with Crippen LogP contribution in [0.4, 0.5) is 17.2 Å². The molecule has 8 heteroatoms. The van der Waals surface area contributed by atoms with Crippen LogP contribution in [0.25, 0.3) is 10.2 Å². The first-order valence-corrected chi connectivity index (χ1v) is 9.71. The molecule has 1 aliphatic rings. The Hall–Kier alpha value is -2.87. The third-order valence-corrected chi connectivity index (χ3v) is 5.67. The number of hydrogen-bond donors (Lipinski definition) is 2. The van der Waals surface area contributed by atoms with Gasteiger partial charge in [0, 0.05) is 19.2 Å². The SMILES string of the molecule is COc1ccc(N)c(NC(=O)C2CCCN(c3ncnc4sccc34)C2)c1. The van der Waals surface area contributed by atoms with Gasteiger partial charge in [-0.25, -0.2) is 9.97 Å². The molecule has 4 rings (SSSR count). The topological polar surface area (TPSA) is 93.4 Å². The lowest BCUT2D eigenvalue weighted by molar-refractivity contribution is -0.120. The molecule has 1 amide bonds. The molecule has 1 fully saturated rings. The average Bonchev–Trinajstić information content (AvgIpc) is 3.18. The van der Waals surface area contributed by atoms with Gasteiger partial charge >= 0.3 is 0 Å². The van der Waals surface area contributed by atoms with E-state index >= 15 is 0 Å². The van der Waals surface area contributed by atoms with Gasteiger partial charge in [-0.2, -0.15) is 0 Å². The van der Waals surface area contributed by atoms with Crippen molar-refractivity contribution in [3.63, 3.8) is 0 Å². The Bertz CT molecular complexity index is 974. The lowest BCUT2D eigenvalue weighted by Crippen LogP contribution is -2.41. The van der Waals surface area contributed by atoms with Crippen LogP contribution in [0.15, 0.2) is 36.0 Å². The number of amides is 1. The molecule has 0 radical (unpaired) electrons. The van der Waals surface area contributed by atoms with E-state index in [0.29, 0.717) is 23.7 Å². The van der Waals surface area contributed by atoms with Crippen molar-refractivity contribution in [1.29, 1.82) is 0 Å². The Kier molecular flexibility index (Phi) is 4.81. The number of anilines is 3. The molecule has 1 aliphatic heterocycles. The molecule has 27 heavy (non-hydrogen) atoms. The van der Waals surface area contributed by atoms with E-state index in [4.69, 9.17) is 10.5 Å². The molecule has 0 spiro atoms. The van der Waals surface area contributed by atoms with Gasteiger partial charge in [-0.15, -0.1) is 11.3 Å². The van der Waals surface area contributed by atoms with Crippen LogP contribution in [0.2, 0.25) is 0 Å². The first kappa shape index (κ1) is 17.5. The molecular formula is C19H21N5O2S. The smallest absolute Gasteiger partial charge is 0.229 e. The minimum absolute atomic E-state index is 0.0322. The van der Waals surface area contributed by atoms with Crippen molar-refractivity contribution in [2.45, 2.75) is 12.8 Å². The summed E-state index contributed by atoms with van der Waals surface area (Å²) in [6.07, 6.45) is 3.36. The van der Waals surface area contributed by atoms with Crippen molar-refractivity contribution >= 4 is 44.7 Å². The van der Waals surface area contributed by atoms with Crippen LogP contribution in [0.3, 0.4) is 0 Å². The van der Waals surface area contributed by atoms with Gasteiger partial charge in [0.1, 0.15) is 22.7 Å². The fraction of sp³-hybridized carbons (Fsp3) is 0.316. The molecule has 3 aromatic rings.